The van der Waals surface area contributed by atoms with E-state index < -0.39 is 0 Å². The van der Waals surface area contributed by atoms with Crippen LogP contribution in [0.2, 0.25) is 0 Å². The molecule has 8 heteroatoms. The van der Waals surface area contributed by atoms with E-state index in [1.165, 1.54) is 0 Å². The Morgan fingerprint density at radius 3 is 3.00 bits per heavy atom. The number of aromatic nitrogens is 3. The maximum absolute atomic E-state index is 5.83. The van der Waals surface area contributed by atoms with E-state index in [0.717, 1.165) is 61.2 Å². The fraction of sp³-hybridized carbons (Fsp3) is 0.647. The SMILES string of the molecule is C[C@H]1CN(Cn2nc(-c3cccs3)n(C[C@@H]3CCCO3)c2=S)CCO1. The molecule has 0 saturated carbocycles. The number of hydrogen-bond donors (Lipinski definition) is 0. The van der Waals surface area contributed by atoms with Gasteiger partial charge in [0, 0.05) is 19.7 Å². The van der Waals surface area contributed by atoms with E-state index in [1.807, 2.05) is 4.68 Å². The van der Waals surface area contributed by atoms with Gasteiger partial charge in [0.15, 0.2) is 10.6 Å². The van der Waals surface area contributed by atoms with E-state index in [4.69, 9.17) is 26.8 Å². The van der Waals surface area contributed by atoms with Crippen LogP contribution in [0, 0.1) is 4.77 Å². The molecule has 2 fully saturated rings. The fourth-order valence-electron chi connectivity index (χ4n) is 3.49. The van der Waals surface area contributed by atoms with Crippen LogP contribution in [0.5, 0.6) is 0 Å². The normalized spacial score (nSPS) is 24.8. The molecule has 0 N–H and O–H groups in total. The summed E-state index contributed by atoms with van der Waals surface area (Å²) >= 11 is 7.47. The lowest BCUT2D eigenvalue weighted by Gasteiger charge is -2.30. The average molecular weight is 381 g/mol. The van der Waals surface area contributed by atoms with Crippen molar-refractivity contribution in [2.24, 2.45) is 0 Å². The van der Waals surface area contributed by atoms with Crippen LogP contribution in [0.15, 0.2) is 17.5 Å². The predicted molar refractivity (Wildman–Crippen MR) is 100 cm³/mol. The third-order valence-electron chi connectivity index (χ3n) is 4.73. The Balaban J connectivity index is 1.62. The van der Waals surface area contributed by atoms with Crippen LogP contribution in [0.25, 0.3) is 10.7 Å². The van der Waals surface area contributed by atoms with E-state index in [0.29, 0.717) is 6.67 Å². The highest BCUT2D eigenvalue weighted by Gasteiger charge is 2.23. The number of hydrogen-bond acceptors (Lipinski definition) is 6. The van der Waals surface area contributed by atoms with Gasteiger partial charge >= 0.3 is 0 Å². The van der Waals surface area contributed by atoms with Crippen LogP contribution in [0.4, 0.5) is 0 Å². The second-order valence-electron chi connectivity index (χ2n) is 6.73. The smallest absolute Gasteiger partial charge is 0.199 e. The van der Waals surface area contributed by atoms with Gasteiger partial charge in [0.05, 0.1) is 36.9 Å². The Bertz CT molecular complexity index is 749. The maximum Gasteiger partial charge on any atom is 0.199 e. The highest BCUT2D eigenvalue weighted by molar-refractivity contribution is 7.71. The summed E-state index contributed by atoms with van der Waals surface area (Å²) in [6.45, 7) is 7.05. The van der Waals surface area contributed by atoms with E-state index in [9.17, 15) is 0 Å². The third-order valence-corrected chi connectivity index (χ3v) is 6.03. The molecular formula is C17H24N4O2S2. The molecule has 0 aliphatic carbocycles. The van der Waals surface area contributed by atoms with Crippen molar-refractivity contribution in [3.8, 4) is 10.7 Å². The van der Waals surface area contributed by atoms with Gasteiger partial charge in [-0.1, -0.05) is 6.07 Å². The molecule has 2 aromatic rings. The molecule has 0 bridgehead atoms. The molecule has 0 radical (unpaired) electrons. The molecule has 25 heavy (non-hydrogen) atoms. The molecule has 4 heterocycles. The molecular weight excluding hydrogens is 356 g/mol. The Labute approximate surface area is 157 Å². The molecule has 0 unspecified atom stereocenters. The molecule has 0 aromatic carbocycles. The lowest BCUT2D eigenvalue weighted by molar-refractivity contribution is -0.0307. The molecule has 0 amide bonds. The first kappa shape index (κ1) is 17.4. The van der Waals surface area contributed by atoms with Gasteiger partial charge in [-0.15, -0.1) is 16.4 Å². The van der Waals surface area contributed by atoms with E-state index in [2.05, 4.69) is 33.9 Å². The van der Waals surface area contributed by atoms with Crippen molar-refractivity contribution in [2.75, 3.05) is 26.3 Å². The Kier molecular flexibility index (Phi) is 5.33. The van der Waals surface area contributed by atoms with Crippen LogP contribution >= 0.6 is 23.6 Å². The summed E-state index contributed by atoms with van der Waals surface area (Å²) in [4.78, 5) is 3.50. The lowest BCUT2D eigenvalue weighted by Crippen LogP contribution is -2.42. The summed E-state index contributed by atoms with van der Waals surface area (Å²) in [6.07, 6.45) is 2.73. The lowest BCUT2D eigenvalue weighted by atomic mass is 10.2. The van der Waals surface area contributed by atoms with Gasteiger partial charge in [0.25, 0.3) is 0 Å². The van der Waals surface area contributed by atoms with Crippen LogP contribution in [-0.4, -0.2) is 57.8 Å². The first-order valence-corrected chi connectivity index (χ1v) is 10.2. The summed E-state index contributed by atoms with van der Waals surface area (Å²) in [7, 11) is 0. The van der Waals surface area contributed by atoms with Gasteiger partial charge in [-0.3, -0.25) is 9.47 Å². The minimum Gasteiger partial charge on any atom is -0.376 e. The summed E-state index contributed by atoms with van der Waals surface area (Å²) in [5.74, 6) is 0.955. The zero-order chi connectivity index (χ0) is 17.2. The van der Waals surface area contributed by atoms with Gasteiger partial charge in [0.1, 0.15) is 0 Å². The number of morpholine rings is 1. The number of nitrogens with zero attached hydrogens (tertiary/aromatic N) is 4. The summed E-state index contributed by atoms with van der Waals surface area (Å²) < 4.78 is 16.4. The largest absolute Gasteiger partial charge is 0.376 e. The van der Waals surface area contributed by atoms with Crippen molar-refractivity contribution < 1.29 is 9.47 Å². The second kappa shape index (κ2) is 7.67. The monoisotopic (exact) mass is 380 g/mol. The van der Waals surface area contributed by atoms with E-state index in [1.54, 1.807) is 11.3 Å². The second-order valence-corrected chi connectivity index (χ2v) is 8.04. The maximum atomic E-state index is 5.83. The highest BCUT2D eigenvalue weighted by atomic mass is 32.1. The van der Waals surface area contributed by atoms with Crippen molar-refractivity contribution in [1.82, 2.24) is 19.2 Å². The molecule has 2 aliphatic heterocycles. The van der Waals surface area contributed by atoms with Crippen LogP contribution in [0.1, 0.15) is 19.8 Å². The van der Waals surface area contributed by atoms with Gasteiger partial charge in [0.2, 0.25) is 0 Å². The molecule has 136 valence electrons. The van der Waals surface area contributed by atoms with Crippen LogP contribution in [-0.2, 0) is 22.7 Å². The van der Waals surface area contributed by atoms with Crippen molar-refractivity contribution in [2.45, 2.75) is 45.2 Å². The first-order valence-electron chi connectivity index (χ1n) is 8.88. The van der Waals surface area contributed by atoms with E-state index in [-0.39, 0.29) is 12.2 Å². The van der Waals surface area contributed by atoms with Crippen molar-refractivity contribution >= 4 is 23.6 Å². The third kappa shape index (κ3) is 3.88. The molecule has 0 spiro atoms. The topological polar surface area (TPSA) is 44.5 Å². The van der Waals surface area contributed by atoms with Crippen LogP contribution in [0.3, 0.4) is 0 Å². The zero-order valence-corrected chi connectivity index (χ0v) is 16.1. The van der Waals surface area contributed by atoms with Crippen molar-refractivity contribution in [1.29, 1.82) is 0 Å². The minimum atomic E-state index is 0.242. The average Bonchev–Trinajstić information content (AvgIpc) is 3.33. The molecule has 6 nitrogen and oxygen atoms in total. The van der Waals surface area contributed by atoms with Crippen molar-refractivity contribution in [3.05, 3.63) is 22.3 Å². The standard InChI is InChI=1S/C17H24N4O2S2/c1-13-10-19(6-8-22-13)12-21-17(24)20(11-14-4-2-7-23-14)16(18-21)15-5-3-9-25-15/h3,5,9,13-14H,2,4,6-8,10-12H2,1H3/t13-,14-/m0/s1. The summed E-state index contributed by atoms with van der Waals surface area (Å²) in [5, 5.41) is 6.94. The molecule has 2 atom stereocenters. The Hall–Kier alpha value is -1.06. The summed E-state index contributed by atoms with van der Waals surface area (Å²) in [5.41, 5.74) is 0. The Morgan fingerprint density at radius 1 is 1.36 bits per heavy atom. The van der Waals surface area contributed by atoms with Gasteiger partial charge in [-0.25, -0.2) is 4.68 Å². The minimum absolute atomic E-state index is 0.242. The highest BCUT2D eigenvalue weighted by Crippen LogP contribution is 2.25. The Morgan fingerprint density at radius 2 is 2.28 bits per heavy atom. The van der Waals surface area contributed by atoms with Crippen LogP contribution < -0.4 is 0 Å². The quantitative estimate of drug-likeness (QED) is 0.746. The first-order chi connectivity index (χ1) is 12.2. The van der Waals surface area contributed by atoms with Crippen molar-refractivity contribution in [3.63, 3.8) is 0 Å². The molecule has 4 rings (SSSR count). The van der Waals surface area contributed by atoms with Gasteiger partial charge < -0.3 is 9.47 Å². The van der Waals surface area contributed by atoms with Gasteiger partial charge in [-0.05, 0) is 43.4 Å². The number of thiophene rings is 1. The fourth-order valence-corrected chi connectivity index (χ4v) is 4.46. The summed E-state index contributed by atoms with van der Waals surface area (Å²) in [6, 6.07) is 4.16. The molecule has 2 saturated heterocycles. The molecule has 2 aliphatic rings. The van der Waals surface area contributed by atoms with E-state index >= 15 is 0 Å². The predicted octanol–water partition coefficient (Wildman–Crippen LogP) is 3.00. The molecule has 2 aromatic heterocycles. The zero-order valence-electron chi connectivity index (χ0n) is 14.5. The number of rotatable bonds is 5. The number of ether oxygens (including phenoxy) is 2. The van der Waals surface area contributed by atoms with Gasteiger partial charge in [-0.2, -0.15) is 0 Å².